The van der Waals surface area contributed by atoms with Gasteiger partial charge in [-0.2, -0.15) is 0 Å². The lowest BCUT2D eigenvalue weighted by Crippen LogP contribution is -2.02. The number of carbonyl (C=O) groups is 1. The van der Waals surface area contributed by atoms with E-state index in [9.17, 15) is 4.79 Å². The highest BCUT2D eigenvalue weighted by Crippen LogP contribution is 2.18. The third-order valence-corrected chi connectivity index (χ3v) is 3.01. The fourth-order valence-electron chi connectivity index (χ4n) is 2.02. The van der Waals surface area contributed by atoms with Gasteiger partial charge in [0.2, 0.25) is 0 Å². The van der Waals surface area contributed by atoms with Crippen molar-refractivity contribution in [2.45, 2.75) is 26.7 Å². The van der Waals surface area contributed by atoms with E-state index in [1.165, 1.54) is 12.7 Å². The molecule has 4 nitrogen and oxygen atoms in total. The maximum Gasteiger partial charge on any atom is 0.305 e. The van der Waals surface area contributed by atoms with E-state index in [0.29, 0.717) is 12.8 Å². The van der Waals surface area contributed by atoms with E-state index in [2.05, 4.69) is 27.7 Å². The molecule has 100 valence electrons. The van der Waals surface area contributed by atoms with E-state index in [-0.39, 0.29) is 5.97 Å². The van der Waals surface area contributed by atoms with E-state index in [4.69, 9.17) is 0 Å². The summed E-state index contributed by atoms with van der Waals surface area (Å²) in [4.78, 5) is 18.8. The Morgan fingerprint density at radius 2 is 2.21 bits per heavy atom. The SMILES string of the molecule is COC(=O)CCC1=N/C(=C\c2[nH]c(C)cc2C)C=C1. The normalized spacial score (nSPS) is 15.9. The van der Waals surface area contributed by atoms with Crippen LogP contribution in [0.3, 0.4) is 0 Å². The van der Waals surface area contributed by atoms with Crippen molar-refractivity contribution in [3.8, 4) is 0 Å². The van der Waals surface area contributed by atoms with Crippen LogP contribution in [0.4, 0.5) is 0 Å². The van der Waals surface area contributed by atoms with Crippen molar-refractivity contribution in [3.05, 3.63) is 40.9 Å². The van der Waals surface area contributed by atoms with Crippen LogP contribution in [0.25, 0.3) is 6.08 Å². The van der Waals surface area contributed by atoms with Crippen molar-refractivity contribution in [2.24, 2.45) is 4.99 Å². The third-order valence-electron chi connectivity index (χ3n) is 3.01. The van der Waals surface area contributed by atoms with Crippen molar-refractivity contribution in [1.29, 1.82) is 0 Å². The van der Waals surface area contributed by atoms with Crippen molar-refractivity contribution in [2.75, 3.05) is 7.11 Å². The van der Waals surface area contributed by atoms with Gasteiger partial charge in [0, 0.05) is 23.5 Å². The summed E-state index contributed by atoms with van der Waals surface area (Å²) in [6, 6.07) is 2.10. The van der Waals surface area contributed by atoms with Gasteiger partial charge in [0.15, 0.2) is 0 Å². The van der Waals surface area contributed by atoms with E-state index < -0.39 is 0 Å². The standard InChI is InChI=1S/C15H18N2O2/c1-10-8-11(2)16-14(10)9-13-5-4-12(17-13)6-7-15(18)19-3/h4-5,8-9,16H,6-7H2,1-3H3/b13-9-. The number of nitrogens with one attached hydrogen (secondary N) is 1. The molecule has 1 aliphatic rings. The van der Waals surface area contributed by atoms with Crippen LogP contribution in [0.5, 0.6) is 0 Å². The molecule has 1 aromatic rings. The summed E-state index contributed by atoms with van der Waals surface area (Å²) < 4.78 is 4.61. The molecule has 1 aliphatic heterocycles. The molecule has 0 spiro atoms. The maximum atomic E-state index is 11.1. The highest BCUT2D eigenvalue weighted by Gasteiger charge is 2.08. The van der Waals surface area contributed by atoms with Gasteiger partial charge in [-0.1, -0.05) is 0 Å². The summed E-state index contributed by atoms with van der Waals surface area (Å²) >= 11 is 0. The average Bonchev–Trinajstić information content (AvgIpc) is 2.94. The van der Waals surface area contributed by atoms with Gasteiger partial charge in [-0.05, 0) is 43.7 Å². The van der Waals surface area contributed by atoms with Crippen LogP contribution in [-0.2, 0) is 9.53 Å². The number of methoxy groups -OCH3 is 1. The number of carbonyl (C=O) groups excluding carboxylic acids is 1. The number of aliphatic imine (C=N–C) groups is 1. The minimum absolute atomic E-state index is 0.204. The Morgan fingerprint density at radius 3 is 2.84 bits per heavy atom. The van der Waals surface area contributed by atoms with E-state index in [1.807, 2.05) is 25.2 Å². The lowest BCUT2D eigenvalue weighted by molar-refractivity contribution is -0.140. The molecule has 1 aromatic heterocycles. The second-order valence-electron chi connectivity index (χ2n) is 4.63. The molecule has 0 amide bonds. The molecular weight excluding hydrogens is 240 g/mol. The number of nitrogens with zero attached hydrogens (tertiary/aromatic N) is 1. The molecular formula is C15H18N2O2. The smallest absolute Gasteiger partial charge is 0.305 e. The van der Waals surface area contributed by atoms with Gasteiger partial charge in [-0.25, -0.2) is 0 Å². The van der Waals surface area contributed by atoms with E-state index in [1.54, 1.807) is 0 Å². The predicted octanol–water partition coefficient (Wildman–Crippen LogP) is 2.94. The third kappa shape index (κ3) is 3.44. The van der Waals surface area contributed by atoms with Crippen LogP contribution >= 0.6 is 0 Å². The Labute approximate surface area is 112 Å². The number of esters is 1. The van der Waals surface area contributed by atoms with Gasteiger partial charge in [0.25, 0.3) is 0 Å². The Hall–Kier alpha value is -2.10. The zero-order valence-corrected chi connectivity index (χ0v) is 11.5. The number of hydrogen-bond donors (Lipinski definition) is 1. The van der Waals surface area contributed by atoms with Crippen molar-refractivity contribution < 1.29 is 9.53 Å². The van der Waals surface area contributed by atoms with Gasteiger partial charge >= 0.3 is 5.97 Å². The topological polar surface area (TPSA) is 54.4 Å². The number of rotatable bonds is 4. The van der Waals surface area contributed by atoms with E-state index in [0.717, 1.165) is 22.8 Å². The second-order valence-corrected chi connectivity index (χ2v) is 4.63. The predicted molar refractivity (Wildman–Crippen MR) is 76.1 cm³/mol. The molecule has 1 N–H and O–H groups in total. The van der Waals surface area contributed by atoms with Crippen LogP contribution in [0.1, 0.15) is 29.8 Å². The quantitative estimate of drug-likeness (QED) is 0.844. The molecule has 0 aromatic carbocycles. The molecule has 0 radical (unpaired) electrons. The lowest BCUT2D eigenvalue weighted by Gasteiger charge is -1.97. The zero-order valence-electron chi connectivity index (χ0n) is 11.5. The molecule has 0 saturated carbocycles. The number of ether oxygens (including phenoxy) is 1. The molecule has 4 heteroatoms. The Morgan fingerprint density at radius 1 is 1.42 bits per heavy atom. The monoisotopic (exact) mass is 258 g/mol. The van der Waals surface area contributed by atoms with Crippen LogP contribution in [0, 0.1) is 13.8 Å². The van der Waals surface area contributed by atoms with Gasteiger partial charge in [-0.3, -0.25) is 9.79 Å². The van der Waals surface area contributed by atoms with Gasteiger partial charge in [0.05, 0.1) is 19.2 Å². The first-order valence-corrected chi connectivity index (χ1v) is 6.29. The molecule has 2 rings (SSSR count). The Bertz CT molecular complexity index is 577. The lowest BCUT2D eigenvalue weighted by atomic mass is 10.2. The summed E-state index contributed by atoms with van der Waals surface area (Å²) in [5.41, 5.74) is 5.25. The first-order chi connectivity index (χ1) is 9.08. The molecule has 0 atom stereocenters. The van der Waals surface area contributed by atoms with Crippen LogP contribution < -0.4 is 0 Å². The summed E-state index contributed by atoms with van der Waals surface area (Å²) in [7, 11) is 1.40. The average molecular weight is 258 g/mol. The summed E-state index contributed by atoms with van der Waals surface area (Å²) in [5, 5.41) is 0. The number of hydrogen-bond acceptors (Lipinski definition) is 3. The van der Waals surface area contributed by atoms with Gasteiger partial charge in [0.1, 0.15) is 0 Å². The first-order valence-electron chi connectivity index (χ1n) is 6.29. The Balaban J connectivity index is 2.04. The number of aromatic nitrogens is 1. The highest BCUT2D eigenvalue weighted by atomic mass is 16.5. The molecule has 0 saturated heterocycles. The van der Waals surface area contributed by atoms with Gasteiger partial charge in [-0.15, -0.1) is 0 Å². The Kier molecular flexibility index (Phi) is 4.00. The largest absolute Gasteiger partial charge is 0.469 e. The van der Waals surface area contributed by atoms with Crippen LogP contribution in [0.2, 0.25) is 0 Å². The minimum Gasteiger partial charge on any atom is -0.469 e. The van der Waals surface area contributed by atoms with Crippen LogP contribution in [-0.4, -0.2) is 23.8 Å². The first kappa shape index (κ1) is 13.3. The maximum absolute atomic E-state index is 11.1. The van der Waals surface area contributed by atoms with Crippen LogP contribution in [0.15, 0.2) is 28.9 Å². The number of allylic oxidation sites excluding steroid dienone is 2. The summed E-state index contributed by atoms with van der Waals surface area (Å²) in [6.07, 6.45) is 6.91. The van der Waals surface area contributed by atoms with Crippen molar-refractivity contribution in [1.82, 2.24) is 4.98 Å². The fourth-order valence-corrected chi connectivity index (χ4v) is 2.02. The molecule has 0 fully saturated rings. The summed E-state index contributed by atoms with van der Waals surface area (Å²) in [6.45, 7) is 4.10. The molecule has 2 heterocycles. The van der Waals surface area contributed by atoms with Gasteiger partial charge < -0.3 is 9.72 Å². The van der Waals surface area contributed by atoms with Crippen molar-refractivity contribution in [3.63, 3.8) is 0 Å². The van der Waals surface area contributed by atoms with E-state index >= 15 is 0 Å². The zero-order chi connectivity index (χ0) is 13.8. The fraction of sp³-hybridized carbons (Fsp3) is 0.333. The molecule has 0 aliphatic carbocycles. The summed E-state index contributed by atoms with van der Waals surface area (Å²) in [5.74, 6) is -0.204. The number of aromatic amines is 1. The molecule has 19 heavy (non-hydrogen) atoms. The number of H-pyrrole nitrogens is 1. The minimum atomic E-state index is -0.204. The van der Waals surface area contributed by atoms with Crippen molar-refractivity contribution >= 4 is 17.8 Å². The highest BCUT2D eigenvalue weighted by molar-refractivity contribution is 6.00. The molecule has 0 bridgehead atoms. The number of aryl methyl sites for hydroxylation is 2. The molecule has 0 unspecified atom stereocenters. The second kappa shape index (κ2) is 5.69.